The van der Waals surface area contributed by atoms with Gasteiger partial charge in [0, 0.05) is 55.4 Å². The quantitative estimate of drug-likeness (QED) is 0.260. The van der Waals surface area contributed by atoms with Crippen LogP contribution in [0.2, 0.25) is 0 Å². The number of likely N-dealkylation sites (tertiary alicyclic amines) is 1. The van der Waals surface area contributed by atoms with Crippen LogP contribution in [0.4, 0.5) is 5.82 Å². The van der Waals surface area contributed by atoms with Crippen molar-refractivity contribution in [2.45, 2.75) is 25.4 Å². The monoisotopic (exact) mass is 499 g/mol. The third kappa shape index (κ3) is 7.29. The van der Waals surface area contributed by atoms with Crippen molar-refractivity contribution in [2.75, 3.05) is 45.2 Å². The molecule has 1 fully saturated rings. The highest BCUT2D eigenvalue weighted by Gasteiger charge is 2.19. The Bertz CT molecular complexity index is 1260. The van der Waals surface area contributed by atoms with Crippen molar-refractivity contribution in [3.63, 3.8) is 0 Å². The summed E-state index contributed by atoms with van der Waals surface area (Å²) in [7, 11) is 1.78. The molecule has 1 atom stereocenters. The summed E-state index contributed by atoms with van der Waals surface area (Å²) in [4.78, 5) is 23.4. The van der Waals surface area contributed by atoms with E-state index in [-0.39, 0.29) is 12.5 Å². The molecule has 1 aromatic heterocycles. The number of carbonyl (C=O) groups excluding carboxylic acids is 1. The van der Waals surface area contributed by atoms with E-state index in [2.05, 4.69) is 16.6 Å². The van der Waals surface area contributed by atoms with Gasteiger partial charge in [-0.2, -0.15) is 0 Å². The molecule has 0 spiro atoms. The number of benzene rings is 2. The number of nitrogens with one attached hydrogen (secondary N) is 2. The molecule has 1 amide bonds. The third-order valence-electron chi connectivity index (χ3n) is 6.11. The first-order valence-electron chi connectivity index (χ1n) is 12.6. The van der Waals surface area contributed by atoms with Crippen molar-refractivity contribution in [3.8, 4) is 40.7 Å². The van der Waals surface area contributed by atoms with E-state index in [9.17, 15) is 9.90 Å². The molecule has 192 valence electrons. The van der Waals surface area contributed by atoms with E-state index in [4.69, 9.17) is 21.1 Å². The molecule has 2 aromatic carbocycles. The van der Waals surface area contributed by atoms with Crippen molar-refractivity contribution in [3.05, 3.63) is 60.2 Å². The van der Waals surface area contributed by atoms with Gasteiger partial charge in [0.15, 0.2) is 5.82 Å². The maximum atomic E-state index is 11.9. The Morgan fingerprint density at radius 2 is 2.00 bits per heavy atom. The number of anilines is 1. The van der Waals surface area contributed by atoms with Crippen molar-refractivity contribution in [1.29, 1.82) is 0 Å². The highest BCUT2D eigenvalue weighted by atomic mass is 16.5. The maximum Gasteiger partial charge on any atom is 0.222 e. The molecule has 8 nitrogen and oxygen atoms in total. The number of aliphatic hydroxyl groups is 1. The summed E-state index contributed by atoms with van der Waals surface area (Å²) in [6, 6.07) is 17.1. The molecule has 1 unspecified atom stereocenters. The lowest BCUT2D eigenvalue weighted by atomic mass is 10.1. The van der Waals surface area contributed by atoms with E-state index in [1.807, 2.05) is 59.5 Å². The first-order chi connectivity index (χ1) is 18.1. The molecule has 2 heterocycles. The van der Waals surface area contributed by atoms with Crippen LogP contribution in [-0.4, -0.2) is 71.8 Å². The molecule has 3 N–H and O–H groups in total. The first kappa shape index (κ1) is 26.1. The fourth-order valence-electron chi connectivity index (χ4n) is 4.22. The Balaban J connectivity index is 1.55. The zero-order valence-electron chi connectivity index (χ0n) is 21.1. The summed E-state index contributed by atoms with van der Waals surface area (Å²) in [6.07, 6.45) is 7.43. The average molecular weight is 500 g/mol. The van der Waals surface area contributed by atoms with Crippen molar-refractivity contribution in [1.82, 2.24) is 20.2 Å². The Kier molecular flexibility index (Phi) is 9.08. The van der Waals surface area contributed by atoms with Gasteiger partial charge in [0.2, 0.25) is 5.91 Å². The minimum Gasteiger partial charge on any atom is -0.491 e. The molecule has 3 aromatic rings. The number of aliphatic hydroxyl groups excluding tert-OH is 1. The van der Waals surface area contributed by atoms with Crippen LogP contribution in [0, 0.1) is 12.3 Å². The number of rotatable bonds is 12. The van der Waals surface area contributed by atoms with Gasteiger partial charge < -0.3 is 25.4 Å². The number of carbonyl (C=O) groups is 1. The second-order valence-electron chi connectivity index (χ2n) is 9.00. The number of hydrogen-bond acceptors (Lipinski definition) is 7. The molecule has 4 rings (SSSR count). The largest absolute Gasteiger partial charge is 0.491 e. The molecule has 0 aliphatic carbocycles. The van der Waals surface area contributed by atoms with Gasteiger partial charge in [0.1, 0.15) is 24.3 Å². The van der Waals surface area contributed by atoms with E-state index in [0.29, 0.717) is 36.9 Å². The van der Waals surface area contributed by atoms with Crippen LogP contribution < -0.4 is 15.4 Å². The predicted octanol–water partition coefficient (Wildman–Crippen LogP) is 3.18. The standard InChI is InChI=1S/C29H33N5O3/c1-3-21-8-4-9-22(16-21)26-18-27(31-13-7-15-34-14-6-12-28(34)36)33-29(32-26)23-10-5-11-25(17-23)37-20-24(35)19-30-2/h1,4-5,8-11,16-18,24,30,35H,6-7,12-15,19-20H2,2H3,(H,31,32,33). The molecular weight excluding hydrogens is 466 g/mol. The van der Waals surface area contributed by atoms with Crippen LogP contribution in [0.5, 0.6) is 5.75 Å². The molecule has 0 saturated carbocycles. The van der Waals surface area contributed by atoms with Crippen LogP contribution in [-0.2, 0) is 4.79 Å². The van der Waals surface area contributed by atoms with Crippen molar-refractivity contribution >= 4 is 11.7 Å². The number of nitrogens with zero attached hydrogens (tertiary/aromatic N) is 3. The van der Waals surface area contributed by atoms with Gasteiger partial charge in [-0.1, -0.05) is 30.2 Å². The van der Waals surface area contributed by atoms with Crippen LogP contribution in [0.25, 0.3) is 22.6 Å². The van der Waals surface area contributed by atoms with Gasteiger partial charge in [0.25, 0.3) is 0 Å². The highest BCUT2D eigenvalue weighted by Crippen LogP contribution is 2.27. The average Bonchev–Trinajstić information content (AvgIpc) is 3.34. The zero-order valence-corrected chi connectivity index (χ0v) is 21.1. The summed E-state index contributed by atoms with van der Waals surface area (Å²) in [5.74, 6) is 4.77. The number of aromatic nitrogens is 2. The van der Waals surface area contributed by atoms with E-state index >= 15 is 0 Å². The minimum absolute atomic E-state index is 0.177. The Hall–Kier alpha value is -3.93. The maximum absolute atomic E-state index is 11.9. The summed E-state index contributed by atoms with van der Waals surface area (Å²) in [6.45, 7) is 2.88. The van der Waals surface area contributed by atoms with Gasteiger partial charge in [-0.25, -0.2) is 9.97 Å². The fourth-order valence-corrected chi connectivity index (χ4v) is 4.22. The molecule has 0 bridgehead atoms. The second kappa shape index (κ2) is 12.9. The van der Waals surface area contributed by atoms with Gasteiger partial charge in [0.05, 0.1) is 5.69 Å². The zero-order chi connectivity index (χ0) is 26.0. The lowest BCUT2D eigenvalue weighted by Crippen LogP contribution is -2.29. The number of terminal acetylenes is 1. The number of amides is 1. The van der Waals surface area contributed by atoms with Crippen LogP contribution in [0.1, 0.15) is 24.8 Å². The molecular formula is C29H33N5O3. The van der Waals surface area contributed by atoms with Crippen LogP contribution in [0.15, 0.2) is 54.6 Å². The number of ether oxygens (including phenoxy) is 1. The highest BCUT2D eigenvalue weighted by molar-refractivity contribution is 5.78. The Morgan fingerprint density at radius 3 is 2.78 bits per heavy atom. The SMILES string of the molecule is C#Cc1cccc(-c2cc(NCCCN3CCCC3=O)nc(-c3cccc(OCC(O)CNC)c3)n2)c1. The fraction of sp³-hybridized carbons (Fsp3) is 0.345. The van der Waals surface area contributed by atoms with Gasteiger partial charge in [-0.05, 0) is 44.2 Å². The van der Waals surface area contributed by atoms with E-state index in [0.717, 1.165) is 48.3 Å². The molecule has 1 aliphatic heterocycles. The van der Waals surface area contributed by atoms with E-state index < -0.39 is 6.10 Å². The third-order valence-corrected chi connectivity index (χ3v) is 6.11. The number of hydrogen-bond donors (Lipinski definition) is 3. The Labute approximate surface area is 218 Å². The topological polar surface area (TPSA) is 99.6 Å². The second-order valence-corrected chi connectivity index (χ2v) is 9.00. The van der Waals surface area contributed by atoms with E-state index in [1.54, 1.807) is 7.05 Å². The van der Waals surface area contributed by atoms with Crippen molar-refractivity contribution < 1.29 is 14.6 Å². The molecule has 0 radical (unpaired) electrons. The predicted molar refractivity (Wildman–Crippen MR) is 145 cm³/mol. The van der Waals surface area contributed by atoms with Gasteiger partial charge in [-0.15, -0.1) is 6.42 Å². The van der Waals surface area contributed by atoms with Crippen molar-refractivity contribution in [2.24, 2.45) is 0 Å². The first-order valence-corrected chi connectivity index (χ1v) is 12.6. The van der Waals surface area contributed by atoms with Crippen LogP contribution in [0.3, 0.4) is 0 Å². The molecule has 8 heteroatoms. The lowest BCUT2D eigenvalue weighted by Gasteiger charge is -2.16. The normalized spacial score (nSPS) is 13.9. The summed E-state index contributed by atoms with van der Waals surface area (Å²) in [5.41, 5.74) is 3.21. The summed E-state index contributed by atoms with van der Waals surface area (Å²) in [5, 5.41) is 16.3. The Morgan fingerprint density at radius 1 is 1.16 bits per heavy atom. The summed E-state index contributed by atoms with van der Waals surface area (Å²) < 4.78 is 5.78. The molecule has 37 heavy (non-hydrogen) atoms. The molecule has 1 aliphatic rings. The van der Waals surface area contributed by atoms with Crippen LogP contribution >= 0.6 is 0 Å². The smallest absolute Gasteiger partial charge is 0.222 e. The number of likely N-dealkylation sites (N-methyl/N-ethyl adjacent to an activating group) is 1. The van der Waals surface area contributed by atoms with Gasteiger partial charge >= 0.3 is 0 Å². The summed E-state index contributed by atoms with van der Waals surface area (Å²) >= 11 is 0. The minimum atomic E-state index is -0.608. The van der Waals surface area contributed by atoms with Gasteiger partial charge in [-0.3, -0.25) is 4.79 Å². The lowest BCUT2D eigenvalue weighted by molar-refractivity contribution is -0.127. The van der Waals surface area contributed by atoms with E-state index in [1.165, 1.54) is 0 Å². The molecule has 1 saturated heterocycles.